The van der Waals surface area contributed by atoms with Crippen molar-refractivity contribution in [3.8, 4) is 0 Å². The number of fused-ring (bicyclic) bond motifs is 1. The van der Waals surface area contributed by atoms with Gasteiger partial charge in [-0.15, -0.1) is 5.10 Å². The summed E-state index contributed by atoms with van der Waals surface area (Å²) in [5.41, 5.74) is 9.40. The van der Waals surface area contributed by atoms with Gasteiger partial charge in [0, 0.05) is 43.8 Å². The van der Waals surface area contributed by atoms with Gasteiger partial charge in [-0.25, -0.2) is 4.52 Å². The van der Waals surface area contributed by atoms with Crippen molar-refractivity contribution in [2.45, 2.75) is 0 Å². The molecule has 0 saturated carbocycles. The van der Waals surface area contributed by atoms with Gasteiger partial charge in [0.25, 0.3) is 0 Å². The third-order valence-electron chi connectivity index (χ3n) is 4.38. The zero-order valence-electron chi connectivity index (χ0n) is 13.7. The molecule has 3 aromatic rings. The smallest absolute Gasteiger partial charge is 0.247 e. The van der Waals surface area contributed by atoms with Crippen molar-refractivity contribution in [2.24, 2.45) is 0 Å². The maximum Gasteiger partial charge on any atom is 0.247 e. The number of pyridine rings is 1. The van der Waals surface area contributed by atoms with Crippen LogP contribution < -0.4 is 16.0 Å². The van der Waals surface area contributed by atoms with E-state index in [1.54, 1.807) is 4.52 Å². The highest BCUT2D eigenvalue weighted by Gasteiger charge is 2.14. The fourth-order valence-electron chi connectivity index (χ4n) is 2.93. The summed E-state index contributed by atoms with van der Waals surface area (Å²) in [4.78, 5) is 9.19. The van der Waals surface area contributed by atoms with Crippen LogP contribution in [0, 0.1) is 0 Å². The number of nitrogen functional groups attached to an aromatic ring is 1. The van der Waals surface area contributed by atoms with E-state index in [0.717, 1.165) is 31.9 Å². The highest BCUT2D eigenvalue weighted by molar-refractivity contribution is 5.67. The highest BCUT2D eigenvalue weighted by Crippen LogP contribution is 2.21. The monoisotopic (exact) mass is 323 g/mol. The van der Waals surface area contributed by atoms with Crippen molar-refractivity contribution in [2.75, 3.05) is 49.2 Å². The molecule has 1 fully saturated rings. The fourth-order valence-corrected chi connectivity index (χ4v) is 2.93. The van der Waals surface area contributed by atoms with Crippen LogP contribution >= 0.6 is 0 Å². The Kier molecular flexibility index (Phi) is 3.70. The van der Waals surface area contributed by atoms with Crippen molar-refractivity contribution < 1.29 is 0 Å². The van der Waals surface area contributed by atoms with Gasteiger partial charge in [0.15, 0.2) is 5.65 Å². The summed E-state index contributed by atoms with van der Waals surface area (Å²) in [6.07, 6.45) is 1.83. The first-order valence-corrected chi connectivity index (χ1v) is 8.10. The molecule has 7 heteroatoms. The molecule has 1 aliphatic rings. The minimum Gasteiger partial charge on any atom is -0.396 e. The molecule has 0 atom stereocenters. The highest BCUT2D eigenvalue weighted by atomic mass is 15.3. The van der Waals surface area contributed by atoms with Crippen LogP contribution in [-0.4, -0.2) is 52.7 Å². The van der Waals surface area contributed by atoms with E-state index >= 15 is 0 Å². The van der Waals surface area contributed by atoms with Gasteiger partial charge in [0.1, 0.15) is 0 Å². The number of benzene rings is 1. The molecule has 0 unspecified atom stereocenters. The molecule has 124 valence electrons. The summed E-state index contributed by atoms with van der Waals surface area (Å²) in [5.74, 6) is 0.542. The molecule has 0 radical (unpaired) electrons. The maximum atomic E-state index is 5.92. The standard InChI is InChI=1S/C17H21N7/c1-22-9-11-23(12-10-22)14-6-4-13(5-7-14)19-17-20-16-15(18)3-2-8-24(16)21-17/h2-8H,9-12,18H2,1H3,(H,19,21). The lowest BCUT2D eigenvalue weighted by Crippen LogP contribution is -2.44. The molecule has 1 aromatic carbocycles. The molecule has 4 rings (SSSR count). The Balaban J connectivity index is 1.49. The van der Waals surface area contributed by atoms with Gasteiger partial charge in [-0.2, -0.15) is 4.98 Å². The van der Waals surface area contributed by atoms with Crippen molar-refractivity contribution in [3.63, 3.8) is 0 Å². The first-order valence-electron chi connectivity index (χ1n) is 8.10. The number of hydrogen-bond acceptors (Lipinski definition) is 6. The first kappa shape index (κ1) is 14.8. The summed E-state index contributed by atoms with van der Waals surface area (Å²) < 4.78 is 1.68. The van der Waals surface area contributed by atoms with Gasteiger partial charge in [-0.3, -0.25) is 0 Å². The number of nitrogens with one attached hydrogen (secondary N) is 1. The average Bonchev–Trinajstić information content (AvgIpc) is 3.00. The van der Waals surface area contributed by atoms with Crippen molar-refractivity contribution in [3.05, 3.63) is 42.6 Å². The van der Waals surface area contributed by atoms with E-state index in [1.165, 1.54) is 5.69 Å². The van der Waals surface area contributed by atoms with E-state index < -0.39 is 0 Å². The second-order valence-electron chi connectivity index (χ2n) is 6.13. The van der Waals surface area contributed by atoms with Gasteiger partial charge in [0.05, 0.1) is 5.69 Å². The Labute approximate surface area is 140 Å². The van der Waals surface area contributed by atoms with E-state index in [-0.39, 0.29) is 0 Å². The molecule has 7 nitrogen and oxygen atoms in total. The third kappa shape index (κ3) is 2.85. The second kappa shape index (κ2) is 6.01. The van der Waals surface area contributed by atoms with Gasteiger partial charge >= 0.3 is 0 Å². The van der Waals surface area contributed by atoms with Crippen LogP contribution in [0.15, 0.2) is 42.6 Å². The van der Waals surface area contributed by atoms with Crippen LogP contribution in [0.4, 0.5) is 23.0 Å². The van der Waals surface area contributed by atoms with Crippen molar-refractivity contribution in [1.82, 2.24) is 19.5 Å². The second-order valence-corrected chi connectivity index (χ2v) is 6.13. The SMILES string of the molecule is CN1CCN(c2ccc(Nc3nc4c(N)cccn4n3)cc2)CC1. The molecular weight excluding hydrogens is 302 g/mol. The largest absolute Gasteiger partial charge is 0.396 e. The summed E-state index contributed by atoms with van der Waals surface area (Å²) in [5, 5.41) is 7.62. The molecule has 0 bridgehead atoms. The predicted octanol–water partition coefficient (Wildman–Crippen LogP) is 1.81. The molecule has 1 aliphatic heterocycles. The third-order valence-corrected chi connectivity index (χ3v) is 4.38. The predicted molar refractivity (Wildman–Crippen MR) is 96.8 cm³/mol. The molecule has 0 amide bonds. The number of nitrogens with two attached hydrogens (primary N) is 1. The van der Waals surface area contributed by atoms with E-state index in [1.807, 2.05) is 18.3 Å². The molecule has 2 aromatic heterocycles. The summed E-state index contributed by atoms with van der Waals surface area (Å²) in [7, 11) is 2.17. The van der Waals surface area contributed by atoms with E-state index in [2.05, 4.69) is 56.5 Å². The normalized spacial score (nSPS) is 15.8. The molecule has 3 heterocycles. The molecular formula is C17H21N7. The van der Waals surface area contributed by atoms with Crippen LogP contribution in [0.1, 0.15) is 0 Å². The lowest BCUT2D eigenvalue weighted by molar-refractivity contribution is 0.313. The molecule has 24 heavy (non-hydrogen) atoms. The van der Waals surface area contributed by atoms with E-state index in [0.29, 0.717) is 17.3 Å². The van der Waals surface area contributed by atoms with Crippen LogP contribution in [0.3, 0.4) is 0 Å². The zero-order chi connectivity index (χ0) is 16.5. The van der Waals surface area contributed by atoms with Crippen LogP contribution in [0.25, 0.3) is 5.65 Å². The minimum atomic E-state index is 0.542. The van der Waals surface area contributed by atoms with Crippen molar-refractivity contribution >= 4 is 28.7 Å². The van der Waals surface area contributed by atoms with Gasteiger partial charge < -0.3 is 20.9 Å². The Morgan fingerprint density at radius 3 is 2.50 bits per heavy atom. The number of anilines is 4. The summed E-state index contributed by atoms with van der Waals surface area (Å²) in [6, 6.07) is 12.1. The molecule has 0 spiro atoms. The Bertz CT molecular complexity index is 832. The Hall–Kier alpha value is -2.80. The Morgan fingerprint density at radius 2 is 1.79 bits per heavy atom. The maximum absolute atomic E-state index is 5.92. The topological polar surface area (TPSA) is 74.7 Å². The van der Waals surface area contributed by atoms with Gasteiger partial charge in [-0.05, 0) is 43.4 Å². The van der Waals surface area contributed by atoms with Crippen molar-refractivity contribution in [1.29, 1.82) is 0 Å². The summed E-state index contributed by atoms with van der Waals surface area (Å²) >= 11 is 0. The number of hydrogen-bond donors (Lipinski definition) is 2. The molecule has 1 saturated heterocycles. The van der Waals surface area contributed by atoms with E-state index in [9.17, 15) is 0 Å². The number of nitrogens with zero attached hydrogens (tertiary/aromatic N) is 5. The number of rotatable bonds is 3. The minimum absolute atomic E-state index is 0.542. The van der Waals surface area contributed by atoms with Gasteiger partial charge in [0.2, 0.25) is 5.95 Å². The Morgan fingerprint density at radius 1 is 1.04 bits per heavy atom. The van der Waals surface area contributed by atoms with Gasteiger partial charge in [-0.1, -0.05) is 0 Å². The first-order chi connectivity index (χ1) is 11.7. The van der Waals surface area contributed by atoms with E-state index in [4.69, 9.17) is 5.73 Å². The summed E-state index contributed by atoms with van der Waals surface area (Å²) in [6.45, 7) is 4.34. The average molecular weight is 323 g/mol. The fraction of sp³-hybridized carbons (Fsp3) is 0.294. The zero-order valence-corrected chi connectivity index (χ0v) is 13.7. The lowest BCUT2D eigenvalue weighted by atomic mass is 10.2. The lowest BCUT2D eigenvalue weighted by Gasteiger charge is -2.34. The number of likely N-dealkylation sites (N-methyl/N-ethyl adjacent to an activating group) is 1. The number of aromatic nitrogens is 3. The quantitative estimate of drug-likeness (QED) is 0.766. The molecule has 3 N–H and O–H groups in total. The number of piperazine rings is 1. The van der Waals surface area contributed by atoms with Crippen LogP contribution in [0.5, 0.6) is 0 Å². The molecule has 0 aliphatic carbocycles. The van der Waals surface area contributed by atoms with Crippen LogP contribution in [0.2, 0.25) is 0 Å². The van der Waals surface area contributed by atoms with Crippen LogP contribution in [-0.2, 0) is 0 Å².